The Morgan fingerprint density at radius 2 is 2.29 bits per heavy atom. The number of rotatable bonds is 5. The molecule has 78 valence electrons. The molecule has 1 aromatic rings. The highest BCUT2D eigenvalue weighted by molar-refractivity contribution is 9.10. The van der Waals surface area contributed by atoms with Gasteiger partial charge in [0.05, 0.1) is 0 Å². The van der Waals surface area contributed by atoms with Crippen LogP contribution < -0.4 is 5.73 Å². The summed E-state index contributed by atoms with van der Waals surface area (Å²) in [5, 5.41) is 0. The van der Waals surface area contributed by atoms with Crippen LogP contribution in [0.25, 0.3) is 0 Å². The van der Waals surface area contributed by atoms with Gasteiger partial charge in [-0.25, -0.2) is 0 Å². The minimum Gasteiger partial charge on any atom is -0.385 e. The number of hydrogen-bond donors (Lipinski definition) is 1. The van der Waals surface area contributed by atoms with Gasteiger partial charge in [-0.15, -0.1) is 0 Å². The molecule has 2 N–H and O–H groups in total. The molecule has 0 radical (unpaired) electrons. The molecule has 14 heavy (non-hydrogen) atoms. The van der Waals surface area contributed by atoms with Gasteiger partial charge in [0.25, 0.3) is 0 Å². The zero-order valence-corrected chi connectivity index (χ0v) is 9.96. The fourth-order valence-electron chi connectivity index (χ4n) is 1.35. The van der Waals surface area contributed by atoms with Crippen molar-refractivity contribution in [2.75, 3.05) is 13.7 Å². The Morgan fingerprint density at radius 3 is 2.93 bits per heavy atom. The normalized spacial score (nSPS) is 12.8. The Hall–Kier alpha value is -0.380. The van der Waals surface area contributed by atoms with E-state index in [0.29, 0.717) is 0 Å². The molecule has 0 heterocycles. The molecule has 0 aliphatic carbocycles. The molecule has 0 spiro atoms. The molecule has 1 rings (SSSR count). The predicted octanol–water partition coefficient (Wildman–Crippen LogP) is 2.88. The van der Waals surface area contributed by atoms with Gasteiger partial charge in [0.2, 0.25) is 0 Å². The van der Waals surface area contributed by atoms with E-state index in [1.165, 1.54) is 5.56 Å². The first-order valence-electron chi connectivity index (χ1n) is 4.74. The van der Waals surface area contributed by atoms with E-state index in [1.54, 1.807) is 7.11 Å². The first-order chi connectivity index (χ1) is 6.74. The predicted molar refractivity (Wildman–Crippen MR) is 62.2 cm³/mol. The van der Waals surface area contributed by atoms with Crippen molar-refractivity contribution < 1.29 is 4.74 Å². The Bertz CT molecular complexity index is 278. The molecule has 1 atom stereocenters. The van der Waals surface area contributed by atoms with Gasteiger partial charge in [-0.05, 0) is 30.5 Å². The summed E-state index contributed by atoms with van der Waals surface area (Å²) >= 11 is 3.43. The van der Waals surface area contributed by atoms with Crippen LogP contribution in [0.1, 0.15) is 24.4 Å². The van der Waals surface area contributed by atoms with Gasteiger partial charge in [0.15, 0.2) is 0 Å². The summed E-state index contributed by atoms with van der Waals surface area (Å²) in [5.74, 6) is 0. The largest absolute Gasteiger partial charge is 0.385 e. The molecule has 0 bridgehead atoms. The van der Waals surface area contributed by atoms with Gasteiger partial charge < -0.3 is 10.5 Å². The molecule has 0 fully saturated rings. The molecular formula is C11H16BrNO. The molecule has 0 aliphatic rings. The van der Waals surface area contributed by atoms with Gasteiger partial charge in [0.1, 0.15) is 0 Å². The number of ether oxygens (including phenoxy) is 1. The number of nitrogens with two attached hydrogens (primary N) is 1. The van der Waals surface area contributed by atoms with Crippen molar-refractivity contribution >= 4 is 15.9 Å². The van der Waals surface area contributed by atoms with E-state index in [2.05, 4.69) is 28.1 Å². The van der Waals surface area contributed by atoms with Gasteiger partial charge in [0, 0.05) is 24.2 Å². The van der Waals surface area contributed by atoms with E-state index in [-0.39, 0.29) is 6.04 Å². The highest BCUT2D eigenvalue weighted by Crippen LogP contribution is 2.19. The van der Waals surface area contributed by atoms with Crippen LogP contribution in [0, 0.1) is 0 Å². The SMILES string of the molecule is COCCCC(N)c1cccc(Br)c1. The summed E-state index contributed by atoms with van der Waals surface area (Å²) in [6.07, 6.45) is 1.97. The van der Waals surface area contributed by atoms with Crippen LogP contribution in [0.5, 0.6) is 0 Å². The van der Waals surface area contributed by atoms with E-state index >= 15 is 0 Å². The van der Waals surface area contributed by atoms with E-state index in [9.17, 15) is 0 Å². The average Bonchev–Trinajstić information content (AvgIpc) is 2.18. The van der Waals surface area contributed by atoms with Crippen molar-refractivity contribution in [3.8, 4) is 0 Å². The standard InChI is InChI=1S/C11H16BrNO/c1-14-7-3-6-11(13)9-4-2-5-10(12)8-9/h2,4-5,8,11H,3,6-7,13H2,1H3. The lowest BCUT2D eigenvalue weighted by molar-refractivity contribution is 0.190. The molecule has 1 aromatic carbocycles. The number of halogens is 1. The number of hydrogen-bond acceptors (Lipinski definition) is 2. The maximum absolute atomic E-state index is 6.03. The van der Waals surface area contributed by atoms with Crippen LogP contribution in [0.15, 0.2) is 28.7 Å². The number of benzene rings is 1. The van der Waals surface area contributed by atoms with Crippen molar-refractivity contribution in [3.05, 3.63) is 34.3 Å². The van der Waals surface area contributed by atoms with Gasteiger partial charge in [-0.2, -0.15) is 0 Å². The van der Waals surface area contributed by atoms with E-state index in [4.69, 9.17) is 10.5 Å². The third kappa shape index (κ3) is 3.78. The first-order valence-corrected chi connectivity index (χ1v) is 5.53. The zero-order valence-electron chi connectivity index (χ0n) is 8.37. The van der Waals surface area contributed by atoms with Crippen molar-refractivity contribution in [2.24, 2.45) is 5.73 Å². The van der Waals surface area contributed by atoms with Gasteiger partial charge in [-0.1, -0.05) is 28.1 Å². The topological polar surface area (TPSA) is 35.2 Å². The molecular weight excluding hydrogens is 242 g/mol. The van der Waals surface area contributed by atoms with Crippen molar-refractivity contribution in [1.29, 1.82) is 0 Å². The number of methoxy groups -OCH3 is 1. The Kier molecular flexibility index (Phi) is 5.15. The Morgan fingerprint density at radius 1 is 1.50 bits per heavy atom. The fraction of sp³-hybridized carbons (Fsp3) is 0.455. The van der Waals surface area contributed by atoms with Crippen molar-refractivity contribution in [1.82, 2.24) is 0 Å². The van der Waals surface area contributed by atoms with Gasteiger partial charge in [-0.3, -0.25) is 0 Å². The van der Waals surface area contributed by atoms with Crippen LogP contribution in [0.3, 0.4) is 0 Å². The summed E-state index contributed by atoms with van der Waals surface area (Å²) in [5.41, 5.74) is 7.20. The molecule has 0 amide bonds. The quantitative estimate of drug-likeness (QED) is 0.824. The molecule has 2 nitrogen and oxygen atoms in total. The summed E-state index contributed by atoms with van der Waals surface area (Å²) in [6, 6.07) is 8.25. The fourth-order valence-corrected chi connectivity index (χ4v) is 1.77. The smallest absolute Gasteiger partial charge is 0.0462 e. The van der Waals surface area contributed by atoms with Gasteiger partial charge >= 0.3 is 0 Å². The van der Waals surface area contributed by atoms with Crippen LogP contribution in [-0.2, 0) is 4.74 Å². The lowest BCUT2D eigenvalue weighted by Crippen LogP contribution is -2.10. The molecule has 0 saturated heterocycles. The highest BCUT2D eigenvalue weighted by Gasteiger charge is 2.05. The molecule has 0 aromatic heterocycles. The summed E-state index contributed by atoms with van der Waals surface area (Å²) in [6.45, 7) is 0.779. The maximum atomic E-state index is 6.03. The average molecular weight is 258 g/mol. The summed E-state index contributed by atoms with van der Waals surface area (Å²) < 4.78 is 6.07. The van der Waals surface area contributed by atoms with Crippen molar-refractivity contribution in [2.45, 2.75) is 18.9 Å². The second-order valence-electron chi connectivity index (χ2n) is 3.30. The second kappa shape index (κ2) is 6.17. The minimum absolute atomic E-state index is 0.114. The van der Waals surface area contributed by atoms with E-state index in [1.807, 2.05) is 12.1 Å². The second-order valence-corrected chi connectivity index (χ2v) is 4.21. The van der Waals surface area contributed by atoms with Crippen LogP contribution in [0.4, 0.5) is 0 Å². The summed E-state index contributed by atoms with van der Waals surface area (Å²) in [7, 11) is 1.71. The molecule has 3 heteroatoms. The first kappa shape index (κ1) is 11.7. The Balaban J connectivity index is 2.47. The van der Waals surface area contributed by atoms with E-state index in [0.717, 1.165) is 23.9 Å². The van der Waals surface area contributed by atoms with Crippen LogP contribution in [-0.4, -0.2) is 13.7 Å². The monoisotopic (exact) mass is 257 g/mol. The van der Waals surface area contributed by atoms with E-state index < -0.39 is 0 Å². The lowest BCUT2D eigenvalue weighted by atomic mass is 10.0. The van der Waals surface area contributed by atoms with Crippen LogP contribution >= 0.6 is 15.9 Å². The zero-order chi connectivity index (χ0) is 10.4. The Labute approximate surface area is 93.6 Å². The minimum atomic E-state index is 0.114. The molecule has 1 unspecified atom stereocenters. The lowest BCUT2D eigenvalue weighted by Gasteiger charge is -2.11. The maximum Gasteiger partial charge on any atom is 0.0462 e. The third-order valence-corrected chi connectivity index (χ3v) is 2.63. The van der Waals surface area contributed by atoms with Crippen molar-refractivity contribution in [3.63, 3.8) is 0 Å². The third-order valence-electron chi connectivity index (χ3n) is 2.14. The molecule has 0 aliphatic heterocycles. The highest BCUT2D eigenvalue weighted by atomic mass is 79.9. The van der Waals surface area contributed by atoms with Crippen LogP contribution in [0.2, 0.25) is 0 Å². The molecule has 0 saturated carbocycles. The summed E-state index contributed by atoms with van der Waals surface area (Å²) in [4.78, 5) is 0.